The lowest BCUT2D eigenvalue weighted by Crippen LogP contribution is -2.63. The highest BCUT2D eigenvalue weighted by Gasteiger charge is 2.64. The molecule has 2 saturated heterocycles. The van der Waals surface area contributed by atoms with Crippen LogP contribution < -0.4 is 42.0 Å². The van der Waals surface area contributed by atoms with Gasteiger partial charge < -0.3 is 70.2 Å². The summed E-state index contributed by atoms with van der Waals surface area (Å²) in [5.74, 6) is -4.66. The van der Waals surface area contributed by atoms with Crippen LogP contribution in [0.25, 0.3) is 0 Å². The number of primary amides is 1. The number of carbonyl (C=O) groups is 11. The van der Waals surface area contributed by atoms with Crippen LogP contribution in [0.1, 0.15) is 104 Å². The van der Waals surface area contributed by atoms with Crippen molar-refractivity contribution in [3.63, 3.8) is 0 Å². The lowest BCUT2D eigenvalue weighted by Gasteiger charge is -2.42. The Kier molecular flexibility index (Phi) is 26.3. The van der Waals surface area contributed by atoms with Crippen LogP contribution in [0.15, 0.2) is 72.4 Å². The molecular formula is C64H87ClN10O19. The number of imide groups is 1. The first-order valence-corrected chi connectivity index (χ1v) is 31.2. The van der Waals surface area contributed by atoms with E-state index >= 15 is 0 Å². The number of carbonyl (C=O) groups excluding carboxylic acids is 11. The Balaban J connectivity index is 1.03. The molecule has 4 bridgehead atoms. The molecule has 30 heteroatoms. The van der Waals surface area contributed by atoms with Crippen molar-refractivity contribution in [2.45, 2.75) is 160 Å². The summed E-state index contributed by atoms with van der Waals surface area (Å²) in [5, 5.41) is 25.2. The number of urea groups is 1. The number of hydrogen-bond acceptors (Lipinski definition) is 19. The molecule has 0 aliphatic carbocycles. The van der Waals surface area contributed by atoms with Gasteiger partial charge in [0, 0.05) is 77.9 Å². The van der Waals surface area contributed by atoms with Crippen molar-refractivity contribution in [3.8, 4) is 5.75 Å². The van der Waals surface area contributed by atoms with E-state index in [1.165, 1.54) is 71.5 Å². The lowest BCUT2D eigenvalue weighted by atomic mass is 9.83. The van der Waals surface area contributed by atoms with Gasteiger partial charge in [-0.05, 0) is 94.2 Å². The average molecular weight is 1340 g/mol. The summed E-state index contributed by atoms with van der Waals surface area (Å²) in [6, 6.07) is 5.41. The van der Waals surface area contributed by atoms with Gasteiger partial charge >= 0.3 is 30.3 Å². The molecule has 514 valence electrons. The van der Waals surface area contributed by atoms with Crippen molar-refractivity contribution in [2.75, 3.05) is 65.4 Å². The molecule has 0 aromatic heterocycles. The van der Waals surface area contributed by atoms with Crippen LogP contribution in [0, 0.1) is 11.8 Å². The fraction of sp³-hybridized carbons (Fsp3) is 0.547. The fourth-order valence-corrected chi connectivity index (χ4v) is 11.2. The predicted octanol–water partition coefficient (Wildman–Crippen LogP) is 4.85. The lowest BCUT2D eigenvalue weighted by molar-refractivity contribution is -0.158. The number of aliphatic hydroxyl groups is 1. The molecule has 94 heavy (non-hydrogen) atoms. The first-order valence-electron chi connectivity index (χ1n) is 30.8. The Morgan fingerprint density at radius 3 is 2.27 bits per heavy atom. The number of methoxy groups -OCH3 is 2. The minimum atomic E-state index is -1.93. The molecule has 10 atom stereocenters. The second-order valence-corrected chi connectivity index (χ2v) is 24.6. The van der Waals surface area contributed by atoms with Crippen LogP contribution >= 0.6 is 11.6 Å². The van der Waals surface area contributed by atoms with Gasteiger partial charge in [-0.1, -0.05) is 74.7 Å². The number of fused-ring (bicyclic) bond motifs is 5. The summed E-state index contributed by atoms with van der Waals surface area (Å²) in [7, 11) is 6.91. The number of nitrogens with zero attached hydrogens (tertiary/aromatic N) is 4. The minimum Gasteiger partial charge on any atom is -0.495 e. The minimum absolute atomic E-state index is 0.0678. The first kappa shape index (κ1) is 74.2. The number of nitrogens with two attached hydrogens (primary N) is 1. The number of halogens is 1. The molecule has 29 nitrogen and oxygen atoms in total. The van der Waals surface area contributed by atoms with Crippen molar-refractivity contribution < 1.29 is 91.0 Å². The van der Waals surface area contributed by atoms with Crippen LogP contribution in [-0.4, -0.2) is 195 Å². The van der Waals surface area contributed by atoms with Crippen molar-refractivity contribution in [3.05, 3.63) is 88.5 Å². The molecule has 11 amide bonds. The standard InChI is InChI=1S/C64H87ClN10O19/c1-36(2)54(70-49(76)20-13-12-14-28-75-50(77)25-26-51(75)78)57(81)69-43(18-16-27-67-59(66)83)56(80)68-42-23-21-40(22-24-42)34-90-61(85)72(7)35-91-62(86)73(8)39(5)58(82)93-48-32-52(79)74(9)44-30-41(31-45(88-10)53(44)65)29-37(3)17-15-19-47(89-11)64(87)33-46(92-60(84)71-64)38(4)55-63(48,6)94-55/h15,17,19,21-26,30-31,36,38-39,43,46-48,54-55,87H,12-14,16,18,20,27-29,32-35H2,1-11H3,(H,68,80)(H,69,81)(H,70,76)(H,71,84)(H3,66,67,83)/b19-15+,37-17+/t38-,39+,43+,46+,47-,48+,54+,55+,63+,64+/m1/s1. The number of likely N-dealkylation sites (N-methyl/N-ethyl adjacent to an activating group) is 1. The van der Waals surface area contributed by atoms with Gasteiger partial charge in [0.15, 0.2) is 12.5 Å². The number of unbranched alkanes of at least 4 members (excludes halogenated alkanes) is 2. The van der Waals surface area contributed by atoms with E-state index in [9.17, 15) is 57.8 Å². The number of hydrogen-bond donors (Lipinski definition) is 7. The zero-order valence-electron chi connectivity index (χ0n) is 54.8. The summed E-state index contributed by atoms with van der Waals surface area (Å²) < 4.78 is 40.2. The number of allylic oxidation sites excluding steroid dienone is 3. The highest BCUT2D eigenvalue weighted by molar-refractivity contribution is 6.35. The molecule has 4 aliphatic heterocycles. The second kappa shape index (κ2) is 33.3. The third-order valence-electron chi connectivity index (χ3n) is 16.7. The first-order chi connectivity index (χ1) is 44.4. The van der Waals surface area contributed by atoms with E-state index in [1.54, 1.807) is 64.1 Å². The van der Waals surface area contributed by atoms with E-state index in [4.69, 9.17) is 50.5 Å². The molecule has 8 N–H and O–H groups in total. The Labute approximate surface area is 550 Å². The Morgan fingerprint density at radius 1 is 0.926 bits per heavy atom. The van der Waals surface area contributed by atoms with E-state index in [0.29, 0.717) is 48.4 Å². The zero-order valence-corrected chi connectivity index (χ0v) is 55.5. The molecule has 2 aromatic rings. The normalized spacial score (nSPS) is 23.8. The Bertz CT molecular complexity index is 3220. The molecule has 0 unspecified atom stereocenters. The van der Waals surface area contributed by atoms with E-state index in [1.807, 2.05) is 13.0 Å². The molecule has 0 saturated carbocycles. The zero-order chi connectivity index (χ0) is 69.4. The van der Waals surface area contributed by atoms with Crippen molar-refractivity contribution >= 4 is 88.7 Å². The monoisotopic (exact) mass is 1330 g/mol. The average Bonchev–Trinajstić information content (AvgIpc) is 1.58. The topological polar surface area (TPSA) is 375 Å². The quantitative estimate of drug-likeness (QED) is 0.0174. The fourth-order valence-electron chi connectivity index (χ4n) is 10.8. The van der Waals surface area contributed by atoms with Gasteiger partial charge in [0.1, 0.15) is 59.4 Å². The maximum Gasteiger partial charge on any atom is 0.412 e. The number of benzene rings is 2. The molecular weight excluding hydrogens is 1250 g/mol. The number of rotatable bonds is 25. The highest BCUT2D eigenvalue weighted by atomic mass is 35.5. The van der Waals surface area contributed by atoms with Gasteiger partial charge in [0.2, 0.25) is 23.6 Å². The van der Waals surface area contributed by atoms with Gasteiger partial charge in [0.05, 0.1) is 25.3 Å². The number of esters is 1. The van der Waals surface area contributed by atoms with E-state index in [0.717, 1.165) is 25.8 Å². The molecule has 6 rings (SSSR count). The number of nitrogens with one attached hydrogen (secondary N) is 5. The Hall–Kier alpha value is -8.80. The number of amides is 11. The molecule has 0 radical (unpaired) electrons. The molecule has 4 heterocycles. The summed E-state index contributed by atoms with van der Waals surface area (Å²) in [5.41, 5.74) is 4.59. The molecule has 0 spiro atoms. The van der Waals surface area contributed by atoms with Gasteiger partial charge in [0.25, 0.3) is 11.8 Å². The third kappa shape index (κ3) is 19.9. The number of alkyl carbamates (subject to hydrolysis) is 1. The van der Waals surface area contributed by atoms with E-state index in [2.05, 4.69) is 26.6 Å². The van der Waals surface area contributed by atoms with E-state index < -0.39 is 127 Å². The van der Waals surface area contributed by atoms with Crippen LogP contribution in [0.2, 0.25) is 5.02 Å². The Morgan fingerprint density at radius 2 is 1.62 bits per heavy atom. The SMILES string of the molecule is COc1cc2cc(c1Cl)N(C)C(=O)C[C@H](OC(=O)[C@H](C)N(C)C(=O)OCN(C)C(=O)OCc1ccc(NC(=O)[C@H](CCCNC(N)=O)NC(=O)[C@@H](NC(=O)CCCCCN3C(=O)C=CC3=O)C(C)C)cc1)[C@]1(C)O[C@H]1[C@H](C)[C@@H]1C[C@@](O)(NC(=O)O1)[C@H](OC)/C=C/C=C(\C)C2. The van der Waals surface area contributed by atoms with Crippen LogP contribution in [0.3, 0.4) is 0 Å². The molecule has 2 aromatic carbocycles. The largest absolute Gasteiger partial charge is 0.495 e. The number of epoxide rings is 1. The van der Waals surface area contributed by atoms with Crippen LogP contribution in [0.4, 0.5) is 30.6 Å². The van der Waals surface area contributed by atoms with Gasteiger partial charge in [-0.25, -0.2) is 24.0 Å². The second-order valence-electron chi connectivity index (χ2n) is 24.2. The van der Waals surface area contributed by atoms with Crippen LogP contribution in [-0.2, 0) is 75.0 Å². The van der Waals surface area contributed by atoms with Gasteiger partial charge in [-0.15, -0.1) is 0 Å². The highest BCUT2D eigenvalue weighted by Crippen LogP contribution is 2.49. The van der Waals surface area contributed by atoms with Crippen molar-refractivity contribution in [2.24, 2.45) is 17.6 Å². The van der Waals surface area contributed by atoms with Gasteiger partial charge in [-0.3, -0.25) is 48.8 Å². The summed E-state index contributed by atoms with van der Waals surface area (Å²) in [6.45, 7) is 9.51. The maximum atomic E-state index is 14.4. The summed E-state index contributed by atoms with van der Waals surface area (Å²) in [4.78, 5) is 148. The summed E-state index contributed by atoms with van der Waals surface area (Å²) in [6.07, 6.45) is 2.19. The summed E-state index contributed by atoms with van der Waals surface area (Å²) >= 11 is 6.82. The van der Waals surface area contributed by atoms with Crippen molar-refractivity contribution in [1.82, 2.24) is 36.0 Å². The number of ether oxygens (including phenoxy) is 7. The number of anilines is 2. The van der Waals surface area contributed by atoms with Crippen LogP contribution in [0.5, 0.6) is 5.75 Å². The smallest absolute Gasteiger partial charge is 0.412 e. The predicted molar refractivity (Wildman–Crippen MR) is 340 cm³/mol. The van der Waals surface area contributed by atoms with Gasteiger partial charge in [-0.2, -0.15) is 0 Å². The maximum absolute atomic E-state index is 14.4. The van der Waals surface area contributed by atoms with E-state index in [-0.39, 0.29) is 68.1 Å². The van der Waals surface area contributed by atoms with Crippen molar-refractivity contribution in [1.29, 1.82) is 0 Å². The molecule has 4 aliphatic rings. The molecule has 2 fully saturated rings. The third-order valence-corrected chi connectivity index (χ3v) is 17.1.